The number of carbonyl (C=O) groups excluding carboxylic acids is 2. The van der Waals surface area contributed by atoms with Crippen LogP contribution in [0.1, 0.15) is 32.1 Å². The third-order valence-corrected chi connectivity index (χ3v) is 5.77. The molecular formula is C20H29N3O3. The highest BCUT2D eigenvalue weighted by atomic mass is 16.5. The molecule has 0 heterocycles. The van der Waals surface area contributed by atoms with E-state index in [4.69, 9.17) is 10.5 Å². The maximum Gasteiger partial charge on any atom is 0.259 e. The van der Waals surface area contributed by atoms with E-state index in [0.29, 0.717) is 17.6 Å². The summed E-state index contributed by atoms with van der Waals surface area (Å²) in [4.78, 5) is 25.7. The Balaban J connectivity index is 1.52. The van der Waals surface area contributed by atoms with Crippen molar-refractivity contribution in [1.29, 1.82) is 0 Å². The minimum atomic E-state index is -0.0940. The van der Waals surface area contributed by atoms with Crippen LogP contribution in [-0.2, 0) is 9.59 Å². The Hall–Kier alpha value is -2.08. The zero-order valence-corrected chi connectivity index (χ0v) is 15.6. The lowest BCUT2D eigenvalue weighted by Crippen LogP contribution is -2.48. The number of rotatable bonds is 5. The van der Waals surface area contributed by atoms with Crippen LogP contribution in [-0.4, -0.2) is 43.5 Å². The van der Waals surface area contributed by atoms with Gasteiger partial charge in [0.25, 0.3) is 5.91 Å². The van der Waals surface area contributed by atoms with Gasteiger partial charge in [-0.3, -0.25) is 9.59 Å². The molecule has 2 bridgehead atoms. The van der Waals surface area contributed by atoms with Crippen molar-refractivity contribution in [3.8, 4) is 5.75 Å². The Bertz CT molecular complexity index is 630. The summed E-state index contributed by atoms with van der Waals surface area (Å²) in [6, 6.07) is 7.42. The van der Waals surface area contributed by atoms with Gasteiger partial charge in [-0.25, -0.2) is 0 Å². The average molecular weight is 359 g/mol. The molecule has 2 amide bonds. The number of amides is 2. The molecule has 1 aromatic carbocycles. The van der Waals surface area contributed by atoms with Crippen molar-refractivity contribution >= 4 is 17.5 Å². The molecule has 1 aromatic rings. The maximum absolute atomic E-state index is 12.6. The van der Waals surface area contributed by atoms with Gasteiger partial charge in [-0.1, -0.05) is 6.42 Å². The lowest BCUT2D eigenvalue weighted by molar-refractivity contribution is -0.130. The predicted octanol–water partition coefficient (Wildman–Crippen LogP) is 2.25. The maximum atomic E-state index is 12.6. The predicted molar refractivity (Wildman–Crippen MR) is 101 cm³/mol. The highest BCUT2D eigenvalue weighted by Crippen LogP contribution is 2.42. The van der Waals surface area contributed by atoms with E-state index < -0.39 is 0 Å². The second kappa shape index (κ2) is 8.08. The summed E-state index contributed by atoms with van der Waals surface area (Å²) in [7, 11) is 3.38. The zero-order chi connectivity index (χ0) is 18.7. The minimum absolute atomic E-state index is 0.00378. The number of ether oxygens (including phenoxy) is 1. The van der Waals surface area contributed by atoms with Crippen LogP contribution in [0, 0.1) is 17.8 Å². The Kier molecular flexibility index (Phi) is 5.81. The quantitative estimate of drug-likeness (QED) is 0.844. The van der Waals surface area contributed by atoms with E-state index in [1.165, 1.54) is 11.3 Å². The van der Waals surface area contributed by atoms with Crippen molar-refractivity contribution in [3.05, 3.63) is 24.3 Å². The largest absolute Gasteiger partial charge is 0.484 e. The van der Waals surface area contributed by atoms with E-state index in [2.05, 4.69) is 5.32 Å². The van der Waals surface area contributed by atoms with Crippen LogP contribution in [0.25, 0.3) is 0 Å². The smallest absolute Gasteiger partial charge is 0.259 e. The fraction of sp³-hybridized carbons (Fsp3) is 0.600. The molecule has 2 fully saturated rings. The Morgan fingerprint density at radius 3 is 2.35 bits per heavy atom. The number of nitrogens with zero attached hydrogens (tertiary/aromatic N) is 1. The molecule has 3 rings (SSSR count). The molecule has 2 aliphatic carbocycles. The van der Waals surface area contributed by atoms with Crippen LogP contribution in [0.3, 0.4) is 0 Å². The molecular weight excluding hydrogens is 330 g/mol. The summed E-state index contributed by atoms with van der Waals surface area (Å²) in [5.74, 6) is 1.63. The summed E-state index contributed by atoms with van der Waals surface area (Å²) in [6.45, 7) is 0.00378. The first-order chi connectivity index (χ1) is 12.4. The van der Waals surface area contributed by atoms with Gasteiger partial charge in [0.05, 0.1) is 0 Å². The van der Waals surface area contributed by atoms with Gasteiger partial charge in [0.1, 0.15) is 5.75 Å². The van der Waals surface area contributed by atoms with Gasteiger partial charge in [0.2, 0.25) is 5.91 Å². The number of nitrogens with one attached hydrogen (secondary N) is 1. The second-order valence-corrected chi connectivity index (χ2v) is 7.79. The zero-order valence-electron chi connectivity index (χ0n) is 15.6. The molecule has 2 saturated carbocycles. The molecule has 0 aromatic heterocycles. The van der Waals surface area contributed by atoms with Crippen molar-refractivity contribution in [2.24, 2.45) is 23.5 Å². The molecule has 0 saturated heterocycles. The topological polar surface area (TPSA) is 84.7 Å². The molecule has 2 aliphatic rings. The molecule has 0 spiro atoms. The molecule has 26 heavy (non-hydrogen) atoms. The number of hydrogen-bond donors (Lipinski definition) is 2. The molecule has 6 nitrogen and oxygen atoms in total. The minimum Gasteiger partial charge on any atom is -0.484 e. The lowest BCUT2D eigenvalue weighted by Gasteiger charge is -2.43. The Morgan fingerprint density at radius 1 is 1.15 bits per heavy atom. The normalized spacial score (nSPS) is 27.5. The van der Waals surface area contributed by atoms with E-state index in [1.54, 1.807) is 26.2 Å². The van der Waals surface area contributed by atoms with Crippen LogP contribution in [0.2, 0.25) is 0 Å². The lowest BCUT2D eigenvalue weighted by atomic mass is 9.65. The summed E-state index contributed by atoms with van der Waals surface area (Å²) >= 11 is 0. The number of fused-ring (bicyclic) bond motifs is 2. The van der Waals surface area contributed by atoms with Crippen molar-refractivity contribution in [2.45, 2.75) is 38.1 Å². The molecule has 2 atom stereocenters. The highest BCUT2D eigenvalue weighted by Gasteiger charge is 2.40. The van der Waals surface area contributed by atoms with Crippen molar-refractivity contribution in [2.75, 3.05) is 26.0 Å². The number of likely N-dealkylation sites (N-methyl/N-ethyl adjacent to an activating group) is 1. The van der Waals surface area contributed by atoms with Crippen LogP contribution >= 0.6 is 0 Å². The van der Waals surface area contributed by atoms with E-state index in [9.17, 15) is 9.59 Å². The number of anilines is 1. The van der Waals surface area contributed by atoms with Gasteiger partial charge in [-0.15, -0.1) is 0 Å². The van der Waals surface area contributed by atoms with Crippen LogP contribution < -0.4 is 15.8 Å². The fourth-order valence-corrected chi connectivity index (χ4v) is 4.16. The SMILES string of the molecule is CN(C)C(=O)COc1ccc(NC(=O)C2CC3CCCC(C2)C3N)cc1. The van der Waals surface area contributed by atoms with Gasteiger partial charge >= 0.3 is 0 Å². The Labute approximate surface area is 155 Å². The third-order valence-electron chi connectivity index (χ3n) is 5.77. The Morgan fingerprint density at radius 2 is 1.77 bits per heavy atom. The van der Waals surface area contributed by atoms with E-state index in [-0.39, 0.29) is 30.4 Å². The second-order valence-electron chi connectivity index (χ2n) is 7.79. The number of nitrogens with two attached hydrogens (primary N) is 1. The van der Waals surface area contributed by atoms with Gasteiger partial charge in [-0.05, 0) is 61.8 Å². The first kappa shape index (κ1) is 18.7. The van der Waals surface area contributed by atoms with Crippen LogP contribution in [0.15, 0.2) is 24.3 Å². The molecule has 0 radical (unpaired) electrons. The molecule has 3 N–H and O–H groups in total. The van der Waals surface area contributed by atoms with Gasteiger partial charge < -0.3 is 20.7 Å². The number of hydrogen-bond acceptors (Lipinski definition) is 4. The highest BCUT2D eigenvalue weighted by molar-refractivity contribution is 5.92. The molecule has 142 valence electrons. The monoisotopic (exact) mass is 359 g/mol. The number of benzene rings is 1. The summed E-state index contributed by atoms with van der Waals surface area (Å²) in [5, 5.41) is 3.02. The van der Waals surface area contributed by atoms with E-state index in [1.807, 2.05) is 12.1 Å². The van der Waals surface area contributed by atoms with E-state index in [0.717, 1.165) is 31.4 Å². The van der Waals surface area contributed by atoms with Gasteiger partial charge in [0, 0.05) is 31.7 Å². The summed E-state index contributed by atoms with van der Waals surface area (Å²) < 4.78 is 5.45. The standard InChI is InChI=1S/C20H29N3O3/c1-23(2)18(24)12-26-17-8-6-16(7-9-17)22-20(25)15-10-13-4-3-5-14(11-15)19(13)21/h6-9,13-15,19H,3-5,10-12,21H2,1-2H3,(H,22,25). The molecule has 2 unspecified atom stereocenters. The fourth-order valence-electron chi connectivity index (χ4n) is 4.16. The van der Waals surface area contributed by atoms with Crippen LogP contribution in [0.5, 0.6) is 5.75 Å². The molecule has 0 aliphatic heterocycles. The summed E-state index contributed by atoms with van der Waals surface area (Å²) in [5.41, 5.74) is 7.06. The van der Waals surface area contributed by atoms with Crippen molar-refractivity contribution in [3.63, 3.8) is 0 Å². The van der Waals surface area contributed by atoms with Crippen molar-refractivity contribution in [1.82, 2.24) is 4.90 Å². The van der Waals surface area contributed by atoms with Crippen molar-refractivity contribution < 1.29 is 14.3 Å². The van der Waals surface area contributed by atoms with E-state index >= 15 is 0 Å². The number of carbonyl (C=O) groups is 2. The average Bonchev–Trinajstić information content (AvgIpc) is 2.60. The van der Waals surface area contributed by atoms with Gasteiger partial charge in [0.15, 0.2) is 6.61 Å². The van der Waals surface area contributed by atoms with Crippen LogP contribution in [0.4, 0.5) is 5.69 Å². The van der Waals surface area contributed by atoms with Gasteiger partial charge in [-0.2, -0.15) is 0 Å². The first-order valence-electron chi connectivity index (χ1n) is 9.43. The third kappa shape index (κ3) is 4.36. The first-order valence-corrected chi connectivity index (χ1v) is 9.43. The molecule has 6 heteroatoms. The summed E-state index contributed by atoms with van der Waals surface area (Å²) in [6.07, 6.45) is 5.35.